The molecule has 2 N–H and O–H groups in total. The standard InChI is InChI=1S/C14H14FN3S/c1-9-6-7-17-14(12(9)13(16)19)18(2)11-5-3-4-10(15)8-11/h3-8H,1-2H3,(H2,16,19). The first-order valence-corrected chi connectivity index (χ1v) is 6.16. The molecule has 2 aromatic rings. The van der Waals surface area contributed by atoms with E-state index in [1.807, 2.05) is 13.0 Å². The van der Waals surface area contributed by atoms with Gasteiger partial charge in [-0.2, -0.15) is 0 Å². The molecule has 3 nitrogen and oxygen atoms in total. The number of rotatable bonds is 3. The van der Waals surface area contributed by atoms with Crippen LogP contribution in [0.15, 0.2) is 36.5 Å². The van der Waals surface area contributed by atoms with Gasteiger partial charge in [0.05, 0.1) is 5.56 Å². The molecule has 0 fully saturated rings. The third-order valence-corrected chi connectivity index (χ3v) is 3.10. The first-order valence-electron chi connectivity index (χ1n) is 5.75. The third kappa shape index (κ3) is 2.71. The predicted molar refractivity (Wildman–Crippen MR) is 79.3 cm³/mol. The van der Waals surface area contributed by atoms with Gasteiger partial charge in [-0.1, -0.05) is 18.3 Å². The lowest BCUT2D eigenvalue weighted by atomic mass is 10.1. The molecule has 2 rings (SSSR count). The maximum Gasteiger partial charge on any atom is 0.143 e. The minimum Gasteiger partial charge on any atom is -0.389 e. The van der Waals surface area contributed by atoms with Crippen molar-refractivity contribution in [2.45, 2.75) is 6.92 Å². The zero-order valence-corrected chi connectivity index (χ0v) is 11.5. The molecule has 1 aromatic heterocycles. The number of benzene rings is 1. The molecular weight excluding hydrogens is 261 g/mol. The average Bonchev–Trinajstić information content (AvgIpc) is 2.37. The lowest BCUT2D eigenvalue weighted by molar-refractivity contribution is 0.628. The monoisotopic (exact) mass is 275 g/mol. The Morgan fingerprint density at radius 3 is 2.74 bits per heavy atom. The van der Waals surface area contributed by atoms with Crippen LogP contribution < -0.4 is 10.6 Å². The van der Waals surface area contributed by atoms with Crippen LogP contribution in [0, 0.1) is 12.7 Å². The first kappa shape index (κ1) is 13.4. The number of thiocarbonyl (C=S) groups is 1. The molecule has 0 aliphatic heterocycles. The van der Waals surface area contributed by atoms with E-state index in [2.05, 4.69) is 4.98 Å². The summed E-state index contributed by atoms with van der Waals surface area (Å²) in [5, 5.41) is 0. The highest BCUT2D eigenvalue weighted by atomic mass is 32.1. The van der Waals surface area contributed by atoms with Crippen molar-refractivity contribution in [1.82, 2.24) is 4.98 Å². The predicted octanol–water partition coefficient (Wildman–Crippen LogP) is 2.93. The summed E-state index contributed by atoms with van der Waals surface area (Å²) < 4.78 is 13.3. The molecule has 0 amide bonds. The van der Waals surface area contributed by atoms with Gasteiger partial charge in [-0.3, -0.25) is 0 Å². The molecule has 0 aliphatic carbocycles. The fourth-order valence-corrected chi connectivity index (χ4v) is 2.16. The smallest absolute Gasteiger partial charge is 0.143 e. The summed E-state index contributed by atoms with van der Waals surface area (Å²) in [5.74, 6) is 0.326. The van der Waals surface area contributed by atoms with Crippen LogP contribution in [-0.4, -0.2) is 17.0 Å². The maximum absolute atomic E-state index is 13.3. The fraction of sp³-hybridized carbons (Fsp3) is 0.143. The molecule has 98 valence electrons. The highest BCUT2D eigenvalue weighted by Crippen LogP contribution is 2.27. The van der Waals surface area contributed by atoms with E-state index < -0.39 is 0 Å². The topological polar surface area (TPSA) is 42.2 Å². The maximum atomic E-state index is 13.3. The Balaban J connectivity index is 2.53. The molecule has 0 bridgehead atoms. The van der Waals surface area contributed by atoms with Crippen LogP contribution in [-0.2, 0) is 0 Å². The van der Waals surface area contributed by atoms with Gasteiger partial charge >= 0.3 is 0 Å². The van der Waals surface area contributed by atoms with Gasteiger partial charge in [-0.05, 0) is 36.8 Å². The summed E-state index contributed by atoms with van der Waals surface area (Å²) in [7, 11) is 1.80. The fourth-order valence-electron chi connectivity index (χ4n) is 1.91. The lowest BCUT2D eigenvalue weighted by Gasteiger charge is -2.22. The Kier molecular flexibility index (Phi) is 3.76. The highest BCUT2D eigenvalue weighted by Gasteiger charge is 2.15. The SMILES string of the molecule is Cc1ccnc(N(C)c2cccc(F)c2)c1C(N)=S. The second-order valence-electron chi connectivity index (χ2n) is 4.23. The Morgan fingerprint density at radius 1 is 1.37 bits per heavy atom. The van der Waals surface area contributed by atoms with Gasteiger partial charge in [0, 0.05) is 18.9 Å². The number of halogens is 1. The van der Waals surface area contributed by atoms with Gasteiger partial charge in [0.25, 0.3) is 0 Å². The van der Waals surface area contributed by atoms with Gasteiger partial charge in [0.1, 0.15) is 16.6 Å². The molecular formula is C14H14FN3S. The van der Waals surface area contributed by atoms with Gasteiger partial charge < -0.3 is 10.6 Å². The van der Waals surface area contributed by atoms with Crippen LogP contribution in [0.25, 0.3) is 0 Å². The summed E-state index contributed by atoms with van der Waals surface area (Å²) in [6.45, 7) is 1.92. The molecule has 5 heteroatoms. The van der Waals surface area contributed by atoms with Crippen LogP contribution in [0.5, 0.6) is 0 Å². The largest absolute Gasteiger partial charge is 0.389 e. The number of anilines is 2. The minimum atomic E-state index is -0.297. The van der Waals surface area contributed by atoms with Crippen molar-refractivity contribution >= 4 is 28.7 Å². The first-order chi connectivity index (χ1) is 9.00. The number of aromatic nitrogens is 1. The summed E-state index contributed by atoms with van der Waals surface area (Å²) in [6, 6.07) is 8.13. The molecule has 0 aliphatic rings. The second-order valence-corrected chi connectivity index (χ2v) is 4.67. The van der Waals surface area contributed by atoms with Crippen molar-refractivity contribution in [3.05, 3.63) is 53.5 Å². The Morgan fingerprint density at radius 2 is 2.11 bits per heavy atom. The van der Waals surface area contributed by atoms with Crippen molar-refractivity contribution in [3.63, 3.8) is 0 Å². The van der Waals surface area contributed by atoms with Gasteiger partial charge in [0.2, 0.25) is 0 Å². The summed E-state index contributed by atoms with van der Waals surface area (Å²) in [5.41, 5.74) is 8.10. The highest BCUT2D eigenvalue weighted by molar-refractivity contribution is 7.80. The summed E-state index contributed by atoms with van der Waals surface area (Å²) >= 11 is 5.07. The van der Waals surface area contributed by atoms with Gasteiger partial charge in [-0.15, -0.1) is 0 Å². The van der Waals surface area contributed by atoms with Crippen molar-refractivity contribution in [2.24, 2.45) is 5.73 Å². The van der Waals surface area contributed by atoms with Crippen LogP contribution in [0.2, 0.25) is 0 Å². The van der Waals surface area contributed by atoms with Crippen LogP contribution >= 0.6 is 12.2 Å². The van der Waals surface area contributed by atoms with Crippen molar-refractivity contribution in [1.29, 1.82) is 0 Å². The number of hydrogen-bond acceptors (Lipinski definition) is 3. The van der Waals surface area contributed by atoms with Crippen molar-refractivity contribution in [3.8, 4) is 0 Å². The molecule has 1 aromatic carbocycles. The Labute approximate surface area is 116 Å². The van der Waals surface area contributed by atoms with E-state index >= 15 is 0 Å². The van der Waals surface area contributed by atoms with E-state index in [-0.39, 0.29) is 10.8 Å². The number of nitrogens with zero attached hydrogens (tertiary/aromatic N) is 2. The normalized spacial score (nSPS) is 10.3. The van der Waals surface area contributed by atoms with E-state index in [0.29, 0.717) is 17.1 Å². The van der Waals surface area contributed by atoms with Gasteiger partial charge in [0.15, 0.2) is 0 Å². The minimum absolute atomic E-state index is 0.281. The molecule has 0 atom stereocenters. The Hall–Kier alpha value is -2.01. The number of pyridine rings is 1. The van der Waals surface area contributed by atoms with Crippen LogP contribution in [0.1, 0.15) is 11.1 Å². The second kappa shape index (κ2) is 5.32. The summed E-state index contributed by atoms with van der Waals surface area (Å²) in [4.78, 5) is 6.35. The average molecular weight is 275 g/mol. The molecule has 0 unspecified atom stereocenters. The Bertz CT molecular complexity index is 628. The number of hydrogen-bond donors (Lipinski definition) is 1. The van der Waals surface area contributed by atoms with Crippen molar-refractivity contribution < 1.29 is 4.39 Å². The molecule has 0 saturated heterocycles. The third-order valence-electron chi connectivity index (χ3n) is 2.90. The summed E-state index contributed by atoms with van der Waals surface area (Å²) in [6.07, 6.45) is 1.68. The lowest BCUT2D eigenvalue weighted by Crippen LogP contribution is -2.20. The molecule has 0 radical (unpaired) electrons. The molecule has 1 heterocycles. The number of aryl methyl sites for hydroxylation is 1. The molecule has 19 heavy (non-hydrogen) atoms. The van der Waals surface area contributed by atoms with Gasteiger partial charge in [-0.25, -0.2) is 9.37 Å². The number of nitrogens with two attached hydrogens (primary N) is 1. The van der Waals surface area contributed by atoms with Crippen molar-refractivity contribution in [2.75, 3.05) is 11.9 Å². The van der Waals surface area contributed by atoms with E-state index in [1.54, 1.807) is 30.3 Å². The molecule has 0 spiro atoms. The van der Waals surface area contributed by atoms with E-state index in [0.717, 1.165) is 5.56 Å². The van der Waals surface area contributed by atoms with E-state index in [4.69, 9.17) is 18.0 Å². The zero-order valence-electron chi connectivity index (χ0n) is 10.7. The zero-order chi connectivity index (χ0) is 14.0. The quantitative estimate of drug-likeness (QED) is 0.875. The van der Waals surface area contributed by atoms with Crippen LogP contribution in [0.3, 0.4) is 0 Å². The van der Waals surface area contributed by atoms with Crippen LogP contribution in [0.4, 0.5) is 15.9 Å². The van der Waals surface area contributed by atoms with E-state index in [1.165, 1.54) is 12.1 Å². The van der Waals surface area contributed by atoms with E-state index in [9.17, 15) is 4.39 Å². The molecule has 0 saturated carbocycles.